The third kappa shape index (κ3) is 5.03. The van der Waals surface area contributed by atoms with Crippen molar-refractivity contribution in [1.82, 2.24) is 19.7 Å². The zero-order valence-electron chi connectivity index (χ0n) is 16.8. The molecule has 1 aromatic heterocycles. The number of carbonyl (C=O) groups excluding carboxylic acids is 2. The smallest absolute Gasteiger partial charge is 0.253 e. The number of nitrogens with zero attached hydrogens (tertiary/aromatic N) is 4. The Hall–Kier alpha value is -3.13. The van der Waals surface area contributed by atoms with Gasteiger partial charge in [-0.2, -0.15) is 0 Å². The van der Waals surface area contributed by atoms with Crippen LogP contribution in [-0.4, -0.2) is 51.3 Å². The summed E-state index contributed by atoms with van der Waals surface area (Å²) in [6.07, 6.45) is 1.65. The molecule has 0 bridgehead atoms. The van der Waals surface area contributed by atoms with Crippen LogP contribution in [0, 0.1) is 13.8 Å². The first-order chi connectivity index (χ1) is 13.8. The summed E-state index contributed by atoms with van der Waals surface area (Å²) in [6.45, 7) is 4.08. The molecule has 0 aliphatic heterocycles. The van der Waals surface area contributed by atoms with Gasteiger partial charge in [0, 0.05) is 25.3 Å². The van der Waals surface area contributed by atoms with Gasteiger partial charge in [0.15, 0.2) is 5.16 Å². The van der Waals surface area contributed by atoms with Gasteiger partial charge in [-0.15, -0.1) is 10.2 Å². The van der Waals surface area contributed by atoms with E-state index in [0.29, 0.717) is 16.4 Å². The minimum absolute atomic E-state index is 0.114. The van der Waals surface area contributed by atoms with E-state index in [-0.39, 0.29) is 17.6 Å². The van der Waals surface area contributed by atoms with Gasteiger partial charge in [-0.25, -0.2) is 0 Å². The minimum atomic E-state index is -0.181. The summed E-state index contributed by atoms with van der Waals surface area (Å²) in [5.41, 5.74) is 4.38. The average Bonchev–Trinajstić information content (AvgIpc) is 3.14. The molecule has 7 nitrogen and oxygen atoms in total. The number of aryl methyl sites for hydroxylation is 2. The molecule has 150 valence electrons. The second-order valence-electron chi connectivity index (χ2n) is 6.89. The van der Waals surface area contributed by atoms with Crippen molar-refractivity contribution in [1.29, 1.82) is 0 Å². The highest BCUT2D eigenvalue weighted by Crippen LogP contribution is 2.23. The number of anilines is 1. The van der Waals surface area contributed by atoms with Gasteiger partial charge >= 0.3 is 0 Å². The fraction of sp³-hybridized carbons (Fsp3) is 0.238. The van der Waals surface area contributed by atoms with E-state index >= 15 is 0 Å². The standard InChI is InChI=1S/C21H23N5O2S/c1-14-8-9-18(15(2)10-14)26-13-22-24-21(26)29-12-19(27)23-17-7-5-6-16(11-17)20(28)25(3)4/h5-11,13H,12H2,1-4H3,(H,23,27). The number of nitrogens with one attached hydrogen (secondary N) is 1. The van der Waals surface area contributed by atoms with Crippen LogP contribution in [-0.2, 0) is 4.79 Å². The van der Waals surface area contributed by atoms with Crippen molar-refractivity contribution in [2.45, 2.75) is 19.0 Å². The van der Waals surface area contributed by atoms with E-state index in [9.17, 15) is 9.59 Å². The fourth-order valence-corrected chi connectivity index (χ4v) is 3.60. The zero-order valence-corrected chi connectivity index (χ0v) is 17.7. The molecule has 0 saturated heterocycles. The number of carbonyl (C=O) groups is 2. The van der Waals surface area contributed by atoms with E-state index in [1.54, 1.807) is 44.7 Å². The normalized spacial score (nSPS) is 10.6. The molecule has 3 aromatic rings. The Morgan fingerprint density at radius 3 is 2.66 bits per heavy atom. The molecular formula is C21H23N5O2S. The Balaban J connectivity index is 1.66. The molecule has 1 heterocycles. The lowest BCUT2D eigenvalue weighted by molar-refractivity contribution is -0.113. The van der Waals surface area contributed by atoms with Gasteiger partial charge in [-0.1, -0.05) is 35.5 Å². The number of rotatable bonds is 6. The Morgan fingerprint density at radius 2 is 1.93 bits per heavy atom. The Morgan fingerprint density at radius 1 is 1.14 bits per heavy atom. The molecule has 1 N–H and O–H groups in total. The van der Waals surface area contributed by atoms with E-state index in [4.69, 9.17) is 0 Å². The quantitative estimate of drug-likeness (QED) is 0.632. The van der Waals surface area contributed by atoms with Gasteiger partial charge in [0.1, 0.15) is 6.33 Å². The van der Waals surface area contributed by atoms with Gasteiger partial charge in [-0.3, -0.25) is 14.2 Å². The van der Waals surface area contributed by atoms with Crippen molar-refractivity contribution in [2.24, 2.45) is 0 Å². The second kappa shape index (κ2) is 8.91. The maximum absolute atomic E-state index is 12.4. The van der Waals surface area contributed by atoms with Crippen molar-refractivity contribution in [3.05, 3.63) is 65.5 Å². The molecular weight excluding hydrogens is 386 g/mol. The number of amides is 2. The predicted octanol–water partition coefficient (Wildman–Crippen LogP) is 3.32. The highest BCUT2D eigenvalue weighted by Gasteiger charge is 2.13. The van der Waals surface area contributed by atoms with E-state index < -0.39 is 0 Å². The summed E-state index contributed by atoms with van der Waals surface area (Å²) in [6, 6.07) is 13.0. The Kier molecular flexibility index (Phi) is 6.33. The summed E-state index contributed by atoms with van der Waals surface area (Å²) >= 11 is 1.31. The third-order valence-corrected chi connectivity index (χ3v) is 5.20. The Bertz CT molecular complexity index is 1050. The molecule has 0 aliphatic carbocycles. The number of thioether (sulfide) groups is 1. The fourth-order valence-electron chi connectivity index (χ4n) is 2.88. The molecule has 0 saturated carbocycles. The molecule has 0 aliphatic rings. The molecule has 2 amide bonds. The van der Waals surface area contributed by atoms with Crippen LogP contribution < -0.4 is 5.32 Å². The molecule has 8 heteroatoms. The number of hydrogen-bond donors (Lipinski definition) is 1. The van der Waals surface area contributed by atoms with E-state index in [0.717, 1.165) is 11.3 Å². The van der Waals surface area contributed by atoms with Crippen LogP contribution in [0.5, 0.6) is 0 Å². The zero-order chi connectivity index (χ0) is 21.0. The summed E-state index contributed by atoms with van der Waals surface area (Å²) in [5.74, 6) is -0.119. The average molecular weight is 410 g/mol. The van der Waals surface area contributed by atoms with Crippen LogP contribution in [0.4, 0.5) is 5.69 Å². The minimum Gasteiger partial charge on any atom is -0.345 e. The lowest BCUT2D eigenvalue weighted by Crippen LogP contribution is -2.22. The van der Waals surface area contributed by atoms with Crippen molar-refractivity contribution < 1.29 is 9.59 Å². The first-order valence-corrected chi connectivity index (χ1v) is 10.1. The van der Waals surface area contributed by atoms with Gasteiger partial charge in [0.2, 0.25) is 5.91 Å². The van der Waals surface area contributed by atoms with Gasteiger partial charge in [0.05, 0.1) is 11.4 Å². The Labute approximate surface area is 174 Å². The van der Waals surface area contributed by atoms with Crippen LogP contribution in [0.15, 0.2) is 53.9 Å². The molecule has 0 atom stereocenters. The van der Waals surface area contributed by atoms with Gasteiger partial charge < -0.3 is 10.2 Å². The summed E-state index contributed by atoms with van der Waals surface area (Å²) in [4.78, 5) is 26.0. The van der Waals surface area contributed by atoms with Crippen molar-refractivity contribution in [2.75, 3.05) is 25.2 Å². The van der Waals surface area contributed by atoms with Crippen molar-refractivity contribution >= 4 is 29.3 Å². The van der Waals surface area contributed by atoms with Crippen LogP contribution in [0.1, 0.15) is 21.5 Å². The molecule has 0 fully saturated rings. The molecule has 0 unspecified atom stereocenters. The van der Waals surface area contributed by atoms with Crippen LogP contribution in [0.3, 0.4) is 0 Å². The highest BCUT2D eigenvalue weighted by atomic mass is 32.2. The first-order valence-electron chi connectivity index (χ1n) is 9.07. The SMILES string of the molecule is Cc1ccc(-n2cnnc2SCC(=O)Nc2cccc(C(=O)N(C)C)c2)c(C)c1. The largest absolute Gasteiger partial charge is 0.345 e. The topological polar surface area (TPSA) is 80.1 Å². The monoisotopic (exact) mass is 409 g/mol. The lowest BCUT2D eigenvalue weighted by atomic mass is 10.1. The predicted molar refractivity (Wildman–Crippen MR) is 115 cm³/mol. The number of benzene rings is 2. The van der Waals surface area contributed by atoms with E-state index in [1.807, 2.05) is 30.5 Å². The molecule has 3 rings (SSSR count). The molecule has 29 heavy (non-hydrogen) atoms. The molecule has 0 radical (unpaired) electrons. The maximum atomic E-state index is 12.4. The highest BCUT2D eigenvalue weighted by molar-refractivity contribution is 7.99. The second-order valence-corrected chi connectivity index (χ2v) is 7.83. The van der Waals surface area contributed by atoms with Gasteiger partial charge in [0.25, 0.3) is 5.91 Å². The van der Waals surface area contributed by atoms with Crippen molar-refractivity contribution in [3.63, 3.8) is 0 Å². The summed E-state index contributed by atoms with van der Waals surface area (Å²) in [7, 11) is 3.38. The van der Waals surface area contributed by atoms with Crippen LogP contribution >= 0.6 is 11.8 Å². The summed E-state index contributed by atoms with van der Waals surface area (Å²) < 4.78 is 1.88. The van der Waals surface area contributed by atoms with Crippen LogP contribution in [0.2, 0.25) is 0 Å². The molecule has 0 spiro atoms. The van der Waals surface area contributed by atoms with Crippen molar-refractivity contribution in [3.8, 4) is 5.69 Å². The maximum Gasteiger partial charge on any atom is 0.253 e. The summed E-state index contributed by atoms with van der Waals surface area (Å²) in [5, 5.41) is 11.6. The van der Waals surface area contributed by atoms with E-state index in [1.165, 1.54) is 22.2 Å². The number of aromatic nitrogens is 3. The first kappa shape index (κ1) is 20.6. The third-order valence-electron chi connectivity index (χ3n) is 4.26. The lowest BCUT2D eigenvalue weighted by Gasteiger charge is -2.12. The number of hydrogen-bond acceptors (Lipinski definition) is 5. The van der Waals surface area contributed by atoms with Crippen LogP contribution in [0.25, 0.3) is 5.69 Å². The van der Waals surface area contributed by atoms with Gasteiger partial charge in [-0.05, 0) is 43.7 Å². The molecule has 2 aromatic carbocycles. The van der Waals surface area contributed by atoms with E-state index in [2.05, 4.69) is 21.6 Å².